The third kappa shape index (κ3) is 3.16. The highest BCUT2D eigenvalue weighted by atomic mass is 35.5. The molecule has 1 fully saturated rings. The maximum absolute atomic E-state index is 12.6. The first-order valence-electron chi connectivity index (χ1n) is 7.40. The summed E-state index contributed by atoms with van der Waals surface area (Å²) in [5.41, 5.74) is 1.03. The van der Waals surface area contributed by atoms with E-state index >= 15 is 0 Å². The monoisotopic (exact) mass is 309 g/mol. The summed E-state index contributed by atoms with van der Waals surface area (Å²) in [6.45, 7) is 2.00. The Labute approximate surface area is 130 Å². The van der Waals surface area contributed by atoms with Gasteiger partial charge in [0.2, 0.25) is 5.91 Å². The molecule has 0 N–H and O–H groups in total. The minimum atomic E-state index is -0.102. The van der Waals surface area contributed by atoms with Crippen LogP contribution in [0.5, 0.6) is 5.75 Å². The lowest BCUT2D eigenvalue weighted by Gasteiger charge is -2.35. The first-order chi connectivity index (χ1) is 10.2. The number of carbonyl (C=O) groups excluding carboxylic acids is 1. The molecule has 5 heteroatoms. The third-order valence-electron chi connectivity index (χ3n) is 4.37. The molecule has 1 aromatic rings. The van der Waals surface area contributed by atoms with Crippen molar-refractivity contribution < 1.29 is 14.3 Å². The van der Waals surface area contributed by atoms with Crippen LogP contribution in [0.3, 0.4) is 0 Å². The molecule has 1 atom stereocenters. The van der Waals surface area contributed by atoms with Gasteiger partial charge in [-0.15, -0.1) is 0 Å². The predicted molar refractivity (Wildman–Crippen MR) is 80.8 cm³/mol. The van der Waals surface area contributed by atoms with Gasteiger partial charge < -0.3 is 14.4 Å². The molecule has 2 heterocycles. The maximum Gasteiger partial charge on any atom is 0.229 e. The molecule has 0 bridgehead atoms. The highest BCUT2D eigenvalue weighted by Gasteiger charge is 2.31. The summed E-state index contributed by atoms with van der Waals surface area (Å²) in [6, 6.07) is 5.59. The van der Waals surface area contributed by atoms with Crippen molar-refractivity contribution in [1.29, 1.82) is 0 Å². The molecule has 2 aliphatic heterocycles. The van der Waals surface area contributed by atoms with Gasteiger partial charge in [0.05, 0.1) is 12.0 Å². The first kappa shape index (κ1) is 14.7. The SMILES string of the molecule is COC1CCN(C(=O)C2COc3ccc(Cl)cc3C2)CC1. The molecule has 1 unspecified atom stereocenters. The molecule has 1 aromatic carbocycles. The van der Waals surface area contributed by atoms with Crippen molar-refractivity contribution in [3.8, 4) is 5.75 Å². The Morgan fingerprint density at radius 1 is 1.38 bits per heavy atom. The summed E-state index contributed by atoms with van der Waals surface area (Å²) in [5, 5.41) is 0.686. The van der Waals surface area contributed by atoms with E-state index in [1.807, 2.05) is 23.1 Å². The van der Waals surface area contributed by atoms with Crippen LogP contribution in [0.2, 0.25) is 5.02 Å². The fourth-order valence-corrected chi connectivity index (χ4v) is 3.29. The fourth-order valence-electron chi connectivity index (χ4n) is 3.09. The number of piperidine rings is 1. The minimum Gasteiger partial charge on any atom is -0.492 e. The number of nitrogens with zero attached hydrogens (tertiary/aromatic N) is 1. The summed E-state index contributed by atoms with van der Waals surface area (Å²) in [4.78, 5) is 14.6. The summed E-state index contributed by atoms with van der Waals surface area (Å²) in [5.74, 6) is 0.937. The maximum atomic E-state index is 12.6. The quantitative estimate of drug-likeness (QED) is 0.842. The van der Waals surface area contributed by atoms with Crippen molar-refractivity contribution in [2.24, 2.45) is 5.92 Å². The molecule has 1 amide bonds. The number of likely N-dealkylation sites (tertiary alicyclic amines) is 1. The van der Waals surface area contributed by atoms with Gasteiger partial charge in [-0.2, -0.15) is 0 Å². The van der Waals surface area contributed by atoms with Crippen LogP contribution in [0, 0.1) is 5.92 Å². The second-order valence-corrected chi connectivity index (χ2v) is 6.16. The van der Waals surface area contributed by atoms with Gasteiger partial charge in [0.25, 0.3) is 0 Å². The van der Waals surface area contributed by atoms with E-state index in [0.29, 0.717) is 18.1 Å². The number of ether oxygens (including phenoxy) is 2. The lowest BCUT2D eigenvalue weighted by molar-refractivity contribution is -0.139. The van der Waals surface area contributed by atoms with Gasteiger partial charge in [0.15, 0.2) is 0 Å². The average molecular weight is 310 g/mol. The molecular formula is C16H20ClNO3. The van der Waals surface area contributed by atoms with E-state index < -0.39 is 0 Å². The summed E-state index contributed by atoms with van der Waals surface area (Å²) >= 11 is 6.02. The molecule has 0 aromatic heterocycles. The van der Waals surface area contributed by atoms with Gasteiger partial charge in [0, 0.05) is 25.2 Å². The molecule has 3 rings (SSSR count). The van der Waals surface area contributed by atoms with E-state index in [9.17, 15) is 4.79 Å². The molecule has 114 valence electrons. The van der Waals surface area contributed by atoms with Crippen molar-refractivity contribution in [1.82, 2.24) is 4.90 Å². The summed E-state index contributed by atoms with van der Waals surface area (Å²) in [7, 11) is 1.73. The van der Waals surface area contributed by atoms with Crippen LogP contribution in [0.1, 0.15) is 18.4 Å². The molecule has 0 spiro atoms. The van der Waals surface area contributed by atoms with Crippen molar-refractivity contribution >= 4 is 17.5 Å². The fraction of sp³-hybridized carbons (Fsp3) is 0.562. The van der Waals surface area contributed by atoms with Crippen molar-refractivity contribution in [3.63, 3.8) is 0 Å². The van der Waals surface area contributed by atoms with E-state index in [4.69, 9.17) is 21.1 Å². The Hall–Kier alpha value is -1.26. The molecule has 4 nitrogen and oxygen atoms in total. The number of fused-ring (bicyclic) bond motifs is 1. The van der Waals surface area contributed by atoms with E-state index in [-0.39, 0.29) is 17.9 Å². The van der Waals surface area contributed by atoms with Crippen LogP contribution < -0.4 is 4.74 Å². The van der Waals surface area contributed by atoms with E-state index in [1.165, 1.54) is 0 Å². The first-order valence-corrected chi connectivity index (χ1v) is 7.78. The molecule has 21 heavy (non-hydrogen) atoms. The number of rotatable bonds is 2. The molecular weight excluding hydrogens is 290 g/mol. The van der Waals surface area contributed by atoms with Crippen LogP contribution in [0.4, 0.5) is 0 Å². The van der Waals surface area contributed by atoms with Gasteiger partial charge in [-0.3, -0.25) is 4.79 Å². The third-order valence-corrected chi connectivity index (χ3v) is 4.60. The smallest absolute Gasteiger partial charge is 0.229 e. The normalized spacial score (nSPS) is 22.6. The van der Waals surface area contributed by atoms with Gasteiger partial charge in [-0.1, -0.05) is 11.6 Å². The predicted octanol–water partition coefficient (Wildman–Crippen LogP) is 2.53. The Kier molecular flexibility index (Phi) is 4.36. The van der Waals surface area contributed by atoms with Crippen LogP contribution in [0.15, 0.2) is 18.2 Å². The molecule has 0 aliphatic carbocycles. The topological polar surface area (TPSA) is 38.8 Å². The van der Waals surface area contributed by atoms with Crippen LogP contribution in [-0.4, -0.2) is 43.7 Å². The highest BCUT2D eigenvalue weighted by molar-refractivity contribution is 6.30. The second-order valence-electron chi connectivity index (χ2n) is 5.72. The van der Waals surface area contributed by atoms with Crippen molar-refractivity contribution in [3.05, 3.63) is 28.8 Å². The van der Waals surface area contributed by atoms with Gasteiger partial charge in [0.1, 0.15) is 12.4 Å². The molecule has 0 radical (unpaired) electrons. The average Bonchev–Trinajstić information content (AvgIpc) is 2.53. The zero-order chi connectivity index (χ0) is 14.8. The highest BCUT2D eigenvalue weighted by Crippen LogP contribution is 2.31. The van der Waals surface area contributed by atoms with Crippen molar-refractivity contribution in [2.45, 2.75) is 25.4 Å². The van der Waals surface area contributed by atoms with Crippen LogP contribution in [-0.2, 0) is 16.0 Å². The number of halogens is 1. The Bertz CT molecular complexity index is 526. The van der Waals surface area contributed by atoms with Gasteiger partial charge >= 0.3 is 0 Å². The zero-order valence-corrected chi connectivity index (χ0v) is 12.9. The Balaban J connectivity index is 1.64. The van der Waals surface area contributed by atoms with Gasteiger partial charge in [-0.05, 0) is 43.0 Å². The molecule has 2 aliphatic rings. The number of carbonyl (C=O) groups is 1. The minimum absolute atomic E-state index is 0.102. The Morgan fingerprint density at radius 3 is 2.86 bits per heavy atom. The standard InChI is InChI=1S/C16H20ClNO3/c1-20-14-4-6-18(7-5-14)16(19)12-8-11-9-13(17)2-3-15(11)21-10-12/h2-3,9,12,14H,4-8,10H2,1H3. The van der Waals surface area contributed by atoms with E-state index in [0.717, 1.165) is 37.2 Å². The number of hydrogen-bond acceptors (Lipinski definition) is 3. The second kappa shape index (κ2) is 6.24. The largest absolute Gasteiger partial charge is 0.492 e. The molecule has 0 saturated carbocycles. The van der Waals surface area contributed by atoms with Crippen LogP contribution in [0.25, 0.3) is 0 Å². The van der Waals surface area contributed by atoms with Crippen LogP contribution >= 0.6 is 11.6 Å². The number of methoxy groups -OCH3 is 1. The zero-order valence-electron chi connectivity index (χ0n) is 12.2. The number of amides is 1. The Morgan fingerprint density at radius 2 is 2.14 bits per heavy atom. The lowest BCUT2D eigenvalue weighted by Crippen LogP contribution is -2.46. The number of hydrogen-bond donors (Lipinski definition) is 0. The molecule has 1 saturated heterocycles. The summed E-state index contributed by atoms with van der Waals surface area (Å²) in [6.07, 6.45) is 2.83. The van der Waals surface area contributed by atoms with Crippen molar-refractivity contribution in [2.75, 3.05) is 26.8 Å². The summed E-state index contributed by atoms with van der Waals surface area (Å²) < 4.78 is 11.1. The van der Waals surface area contributed by atoms with E-state index in [2.05, 4.69) is 0 Å². The lowest BCUT2D eigenvalue weighted by atomic mass is 9.94. The van der Waals surface area contributed by atoms with Gasteiger partial charge in [-0.25, -0.2) is 0 Å². The van der Waals surface area contributed by atoms with E-state index in [1.54, 1.807) is 7.11 Å². The number of benzene rings is 1.